The number of hydrogen-bond acceptors (Lipinski definition) is 2. The van der Waals surface area contributed by atoms with Crippen molar-refractivity contribution in [1.29, 1.82) is 0 Å². The molecule has 1 aromatic carbocycles. The smallest absolute Gasteiger partial charge is 0.123 e. The molecule has 0 atom stereocenters. The van der Waals surface area contributed by atoms with Gasteiger partial charge in [-0.3, -0.25) is 0 Å². The average molecular weight is 184 g/mol. The second-order valence-corrected chi connectivity index (χ2v) is 4.11. The lowest BCUT2D eigenvalue weighted by Gasteiger charge is -2.25. The van der Waals surface area contributed by atoms with Gasteiger partial charge in [-0.25, -0.2) is 4.39 Å². The zero-order valence-electron chi connectivity index (χ0n) is 6.50. The number of ether oxygens (including phenoxy) is 1. The van der Waals surface area contributed by atoms with Crippen LogP contribution in [0.1, 0.15) is 0 Å². The lowest BCUT2D eigenvalue weighted by atomic mass is 10.3. The summed E-state index contributed by atoms with van der Waals surface area (Å²) in [5.74, 6) is -0.177. The molecule has 1 saturated heterocycles. The van der Waals surface area contributed by atoms with Crippen molar-refractivity contribution in [3.8, 4) is 0 Å². The van der Waals surface area contributed by atoms with Crippen LogP contribution < -0.4 is 0 Å². The van der Waals surface area contributed by atoms with Gasteiger partial charge in [0.05, 0.1) is 18.5 Å². The molecule has 1 fully saturated rings. The fraction of sp³-hybridized carbons (Fsp3) is 0.333. The molecule has 0 spiro atoms. The normalized spacial score (nSPS) is 17.4. The van der Waals surface area contributed by atoms with E-state index < -0.39 is 0 Å². The first-order valence-corrected chi connectivity index (χ1v) is 4.72. The summed E-state index contributed by atoms with van der Waals surface area (Å²) in [6.45, 7) is 1.64. The number of thioether (sulfide) groups is 1. The fourth-order valence-electron chi connectivity index (χ4n) is 0.988. The number of halogens is 1. The first kappa shape index (κ1) is 8.08. The molecule has 0 aliphatic carbocycles. The molecule has 0 radical (unpaired) electrons. The van der Waals surface area contributed by atoms with Crippen molar-refractivity contribution in [2.24, 2.45) is 0 Å². The van der Waals surface area contributed by atoms with Crippen molar-refractivity contribution in [3.05, 3.63) is 30.1 Å². The Hall–Kier alpha value is -0.540. The van der Waals surface area contributed by atoms with Gasteiger partial charge in [0.1, 0.15) is 5.82 Å². The van der Waals surface area contributed by atoms with E-state index in [0.29, 0.717) is 5.25 Å². The van der Waals surface area contributed by atoms with Gasteiger partial charge in [0.25, 0.3) is 0 Å². The van der Waals surface area contributed by atoms with Crippen molar-refractivity contribution >= 4 is 11.8 Å². The summed E-state index contributed by atoms with van der Waals surface area (Å²) in [4.78, 5) is 1.12. The second kappa shape index (κ2) is 3.46. The van der Waals surface area contributed by atoms with Crippen LogP contribution in [0, 0.1) is 5.82 Å². The molecule has 1 aliphatic rings. The van der Waals surface area contributed by atoms with E-state index in [1.54, 1.807) is 23.9 Å². The third kappa shape index (κ3) is 1.79. The summed E-state index contributed by atoms with van der Waals surface area (Å²) in [5, 5.41) is 0.565. The summed E-state index contributed by atoms with van der Waals surface area (Å²) < 4.78 is 17.5. The van der Waals surface area contributed by atoms with Crippen molar-refractivity contribution in [2.45, 2.75) is 10.1 Å². The lowest BCUT2D eigenvalue weighted by Crippen LogP contribution is -2.29. The highest BCUT2D eigenvalue weighted by atomic mass is 32.2. The molecule has 12 heavy (non-hydrogen) atoms. The van der Waals surface area contributed by atoms with Gasteiger partial charge in [-0.15, -0.1) is 11.8 Å². The van der Waals surface area contributed by atoms with E-state index in [1.165, 1.54) is 12.1 Å². The van der Waals surface area contributed by atoms with Gasteiger partial charge >= 0.3 is 0 Å². The van der Waals surface area contributed by atoms with E-state index in [0.717, 1.165) is 18.1 Å². The third-order valence-corrected chi connectivity index (χ3v) is 2.87. The minimum atomic E-state index is -0.177. The van der Waals surface area contributed by atoms with Crippen LogP contribution in [0.3, 0.4) is 0 Å². The molecule has 0 amide bonds. The van der Waals surface area contributed by atoms with Gasteiger partial charge in [0, 0.05) is 4.90 Å². The zero-order valence-corrected chi connectivity index (χ0v) is 7.31. The molecule has 1 heterocycles. The minimum absolute atomic E-state index is 0.177. The molecule has 0 bridgehead atoms. The summed E-state index contributed by atoms with van der Waals surface area (Å²) in [6.07, 6.45) is 0. The summed E-state index contributed by atoms with van der Waals surface area (Å²) >= 11 is 1.75. The molecule has 1 aromatic rings. The standard InChI is InChI=1S/C9H9FOS/c10-7-1-3-8(4-2-7)12-9-5-11-6-9/h1-4,9H,5-6H2. The summed E-state index contributed by atoms with van der Waals surface area (Å²) in [6, 6.07) is 6.58. The van der Waals surface area contributed by atoms with Gasteiger partial charge in [-0.05, 0) is 24.3 Å². The lowest BCUT2D eigenvalue weighted by molar-refractivity contribution is 0.0455. The Kier molecular flexibility index (Phi) is 2.33. The molecule has 1 nitrogen and oxygen atoms in total. The second-order valence-electron chi connectivity index (χ2n) is 2.73. The first-order chi connectivity index (χ1) is 5.84. The number of rotatable bonds is 2. The van der Waals surface area contributed by atoms with Gasteiger partial charge in [0.2, 0.25) is 0 Å². The maximum absolute atomic E-state index is 12.5. The Morgan fingerprint density at radius 1 is 1.25 bits per heavy atom. The molecular weight excluding hydrogens is 175 g/mol. The summed E-state index contributed by atoms with van der Waals surface area (Å²) in [7, 11) is 0. The molecule has 0 N–H and O–H groups in total. The Bertz CT molecular complexity index is 256. The molecule has 0 unspecified atom stereocenters. The van der Waals surface area contributed by atoms with E-state index in [4.69, 9.17) is 4.74 Å². The van der Waals surface area contributed by atoms with E-state index in [1.807, 2.05) is 0 Å². The number of benzene rings is 1. The zero-order chi connectivity index (χ0) is 8.39. The molecule has 2 rings (SSSR count). The van der Waals surface area contributed by atoms with E-state index in [9.17, 15) is 4.39 Å². The molecule has 64 valence electrons. The van der Waals surface area contributed by atoms with Crippen molar-refractivity contribution in [1.82, 2.24) is 0 Å². The molecule has 0 aromatic heterocycles. The SMILES string of the molecule is Fc1ccc(SC2COC2)cc1. The van der Waals surface area contributed by atoms with E-state index >= 15 is 0 Å². The molecule has 1 aliphatic heterocycles. The minimum Gasteiger partial charge on any atom is -0.379 e. The molecular formula is C9H9FOS. The van der Waals surface area contributed by atoms with Crippen molar-refractivity contribution < 1.29 is 9.13 Å². The van der Waals surface area contributed by atoms with Gasteiger partial charge in [-0.2, -0.15) is 0 Å². The Morgan fingerprint density at radius 3 is 2.42 bits per heavy atom. The predicted octanol–water partition coefficient (Wildman–Crippen LogP) is 2.32. The highest BCUT2D eigenvalue weighted by molar-refractivity contribution is 8.00. The Balaban J connectivity index is 1.98. The quantitative estimate of drug-likeness (QED) is 0.697. The highest BCUT2D eigenvalue weighted by Gasteiger charge is 2.19. The average Bonchev–Trinajstić information content (AvgIpc) is 2.00. The van der Waals surface area contributed by atoms with Crippen LogP contribution in [-0.4, -0.2) is 18.5 Å². The van der Waals surface area contributed by atoms with Crippen LogP contribution in [0.4, 0.5) is 4.39 Å². The number of hydrogen-bond donors (Lipinski definition) is 0. The highest BCUT2D eigenvalue weighted by Crippen LogP contribution is 2.27. The van der Waals surface area contributed by atoms with Crippen LogP contribution >= 0.6 is 11.8 Å². The van der Waals surface area contributed by atoms with Gasteiger partial charge in [0.15, 0.2) is 0 Å². The van der Waals surface area contributed by atoms with Gasteiger partial charge in [-0.1, -0.05) is 0 Å². The summed E-state index contributed by atoms with van der Waals surface area (Å²) in [5.41, 5.74) is 0. The maximum Gasteiger partial charge on any atom is 0.123 e. The first-order valence-electron chi connectivity index (χ1n) is 3.84. The van der Waals surface area contributed by atoms with Crippen LogP contribution in [0.15, 0.2) is 29.2 Å². The van der Waals surface area contributed by atoms with Crippen LogP contribution in [0.25, 0.3) is 0 Å². The monoisotopic (exact) mass is 184 g/mol. The Morgan fingerprint density at radius 2 is 1.92 bits per heavy atom. The van der Waals surface area contributed by atoms with Crippen LogP contribution in [0.5, 0.6) is 0 Å². The molecule has 3 heteroatoms. The largest absolute Gasteiger partial charge is 0.379 e. The van der Waals surface area contributed by atoms with Crippen molar-refractivity contribution in [2.75, 3.05) is 13.2 Å². The van der Waals surface area contributed by atoms with Crippen molar-refractivity contribution in [3.63, 3.8) is 0 Å². The van der Waals surface area contributed by atoms with Gasteiger partial charge < -0.3 is 4.74 Å². The molecule has 0 saturated carbocycles. The van der Waals surface area contributed by atoms with E-state index in [2.05, 4.69) is 0 Å². The third-order valence-electron chi connectivity index (χ3n) is 1.72. The van der Waals surface area contributed by atoms with Crippen LogP contribution in [0.2, 0.25) is 0 Å². The Labute approximate surface area is 74.9 Å². The van der Waals surface area contributed by atoms with Crippen LogP contribution in [-0.2, 0) is 4.74 Å². The van der Waals surface area contributed by atoms with E-state index in [-0.39, 0.29) is 5.82 Å². The maximum atomic E-state index is 12.5. The predicted molar refractivity (Wildman–Crippen MR) is 46.9 cm³/mol. The topological polar surface area (TPSA) is 9.23 Å². The fourth-order valence-corrected chi connectivity index (χ4v) is 1.99.